The van der Waals surface area contributed by atoms with Crippen LogP contribution in [0.25, 0.3) is 10.9 Å². The number of carbonyl (C=O) groups excluding carboxylic acids is 1. The highest BCUT2D eigenvalue weighted by atomic mass is 16.5. The van der Waals surface area contributed by atoms with Crippen LogP contribution in [0, 0.1) is 11.8 Å². The molecule has 0 spiro atoms. The molecule has 6 nitrogen and oxygen atoms in total. The number of fused-ring (bicyclic) bond motifs is 2. The van der Waals surface area contributed by atoms with Crippen molar-refractivity contribution in [2.75, 3.05) is 27.3 Å². The molecule has 1 aromatic heterocycles. The largest absolute Gasteiger partial charge is 0.497 e. The predicted octanol–water partition coefficient (Wildman–Crippen LogP) is 4.34. The molecule has 2 aliphatic rings. The third kappa shape index (κ3) is 4.91. The Morgan fingerprint density at radius 3 is 2.63 bits per heavy atom. The van der Waals surface area contributed by atoms with Crippen LogP contribution in [-0.2, 0) is 22.4 Å². The molecule has 2 heterocycles. The number of nitrogens with zero attached hydrogens (tertiary/aromatic N) is 2. The van der Waals surface area contributed by atoms with Crippen LogP contribution in [0.4, 0.5) is 0 Å². The molecule has 3 atom stereocenters. The number of pyridine rings is 1. The molecule has 1 unspecified atom stereocenters. The molecule has 6 heteroatoms. The number of methoxy groups -OCH3 is 2. The number of piperidine rings is 1. The van der Waals surface area contributed by atoms with Gasteiger partial charge in [-0.25, -0.2) is 0 Å². The van der Waals surface area contributed by atoms with E-state index < -0.39 is 6.10 Å². The first-order chi connectivity index (χ1) is 17.1. The summed E-state index contributed by atoms with van der Waals surface area (Å²) in [7, 11) is 3.12. The van der Waals surface area contributed by atoms with Crippen LogP contribution in [0.3, 0.4) is 0 Å². The lowest BCUT2D eigenvalue weighted by atomic mass is 9.80. The molecule has 184 valence electrons. The topological polar surface area (TPSA) is 71.9 Å². The van der Waals surface area contributed by atoms with Gasteiger partial charge in [-0.15, -0.1) is 0 Å². The zero-order valence-electron chi connectivity index (χ0n) is 20.5. The van der Waals surface area contributed by atoms with Gasteiger partial charge in [-0.2, -0.15) is 0 Å². The third-order valence-electron chi connectivity index (χ3n) is 7.99. The summed E-state index contributed by atoms with van der Waals surface area (Å²) in [6, 6.07) is 16.7. The second-order valence-corrected chi connectivity index (χ2v) is 9.88. The number of ether oxygens (including phenoxy) is 2. The van der Waals surface area contributed by atoms with Crippen molar-refractivity contribution in [3.8, 4) is 5.75 Å². The number of benzene rings is 2. The quantitative estimate of drug-likeness (QED) is 0.514. The minimum Gasteiger partial charge on any atom is -0.497 e. The Labute approximate surface area is 206 Å². The van der Waals surface area contributed by atoms with Gasteiger partial charge in [0.1, 0.15) is 5.75 Å². The van der Waals surface area contributed by atoms with E-state index in [9.17, 15) is 9.90 Å². The molecule has 1 fully saturated rings. The summed E-state index contributed by atoms with van der Waals surface area (Å²) in [6.07, 6.45) is 5.50. The van der Waals surface area contributed by atoms with Crippen molar-refractivity contribution in [3.63, 3.8) is 0 Å². The van der Waals surface area contributed by atoms with Crippen LogP contribution in [0.15, 0.2) is 54.7 Å². The standard InChI is InChI=1S/C29H34N2O4/c1-34-23-8-9-27-25(17-23)24(11-13-30-27)28(32)10-7-19-12-14-31(18-26(19)29(33)35-2)22-15-20-5-3-4-6-21(20)16-22/h3-6,8-9,11,13,17,19,22,26,28,32H,7,10,12,14-16,18H2,1-2H3/t19-,26+,28?/m1/s1. The van der Waals surface area contributed by atoms with Crippen LogP contribution >= 0.6 is 0 Å². The van der Waals surface area contributed by atoms with Crippen molar-refractivity contribution >= 4 is 16.9 Å². The Kier molecular flexibility index (Phi) is 7.02. The molecule has 3 aromatic rings. The molecule has 35 heavy (non-hydrogen) atoms. The first kappa shape index (κ1) is 23.8. The highest BCUT2D eigenvalue weighted by Crippen LogP contribution is 2.36. The molecule has 2 aromatic carbocycles. The summed E-state index contributed by atoms with van der Waals surface area (Å²) in [5.41, 5.74) is 4.54. The average molecular weight is 475 g/mol. The Hall–Kier alpha value is -2.96. The monoisotopic (exact) mass is 474 g/mol. The molecule has 5 rings (SSSR count). The molecular formula is C29H34N2O4. The zero-order valence-corrected chi connectivity index (χ0v) is 20.5. The Morgan fingerprint density at radius 2 is 1.91 bits per heavy atom. The maximum atomic E-state index is 12.8. The van der Waals surface area contributed by atoms with Gasteiger partial charge in [0, 0.05) is 24.2 Å². The van der Waals surface area contributed by atoms with E-state index >= 15 is 0 Å². The molecule has 0 bridgehead atoms. The lowest BCUT2D eigenvalue weighted by Gasteiger charge is -2.40. The fourth-order valence-corrected chi connectivity index (χ4v) is 6.01. The normalized spacial score (nSPS) is 21.6. The second-order valence-electron chi connectivity index (χ2n) is 9.88. The lowest BCUT2D eigenvalue weighted by molar-refractivity contribution is -0.150. The summed E-state index contributed by atoms with van der Waals surface area (Å²) >= 11 is 0. The van der Waals surface area contributed by atoms with Crippen LogP contribution in [0.5, 0.6) is 5.75 Å². The Balaban J connectivity index is 1.26. The maximum Gasteiger partial charge on any atom is 0.310 e. The molecule has 0 radical (unpaired) electrons. The van der Waals surface area contributed by atoms with E-state index in [0.717, 1.165) is 61.0 Å². The number of aliphatic hydroxyl groups is 1. The van der Waals surface area contributed by atoms with Gasteiger partial charge >= 0.3 is 5.97 Å². The highest BCUT2D eigenvalue weighted by molar-refractivity contribution is 5.83. The van der Waals surface area contributed by atoms with Crippen molar-refractivity contribution in [2.45, 2.75) is 44.2 Å². The van der Waals surface area contributed by atoms with Crippen molar-refractivity contribution in [1.29, 1.82) is 0 Å². The van der Waals surface area contributed by atoms with E-state index in [-0.39, 0.29) is 17.8 Å². The van der Waals surface area contributed by atoms with Crippen LogP contribution in [0.2, 0.25) is 0 Å². The SMILES string of the molecule is COC(=O)[C@H]1CN(C2Cc3ccccc3C2)CC[C@H]1CCC(O)c1ccnc2ccc(OC)cc12. The first-order valence-electron chi connectivity index (χ1n) is 12.6. The number of hydrogen-bond acceptors (Lipinski definition) is 6. The van der Waals surface area contributed by atoms with Crippen LogP contribution in [-0.4, -0.2) is 54.3 Å². The van der Waals surface area contributed by atoms with Crippen LogP contribution < -0.4 is 4.74 Å². The molecule has 1 N–H and O–H groups in total. The number of aliphatic hydroxyl groups excluding tert-OH is 1. The summed E-state index contributed by atoms with van der Waals surface area (Å²) < 4.78 is 10.6. The van der Waals surface area contributed by atoms with Gasteiger partial charge in [0.25, 0.3) is 0 Å². The van der Waals surface area contributed by atoms with E-state index in [1.54, 1.807) is 13.3 Å². The number of aromatic nitrogens is 1. The predicted molar refractivity (Wildman–Crippen MR) is 135 cm³/mol. The smallest absolute Gasteiger partial charge is 0.310 e. The fraction of sp³-hybridized carbons (Fsp3) is 0.448. The number of likely N-dealkylation sites (tertiary alicyclic amines) is 1. The molecule has 0 amide bonds. The number of rotatable bonds is 7. The minimum absolute atomic E-state index is 0.135. The number of hydrogen-bond donors (Lipinski definition) is 1. The first-order valence-corrected chi connectivity index (χ1v) is 12.6. The lowest BCUT2D eigenvalue weighted by Crippen LogP contribution is -2.49. The summed E-state index contributed by atoms with van der Waals surface area (Å²) in [6.45, 7) is 1.70. The van der Waals surface area contributed by atoms with Gasteiger partial charge in [-0.3, -0.25) is 14.7 Å². The van der Waals surface area contributed by atoms with E-state index in [0.29, 0.717) is 12.5 Å². The van der Waals surface area contributed by atoms with Gasteiger partial charge in [0.05, 0.1) is 31.8 Å². The van der Waals surface area contributed by atoms with E-state index in [4.69, 9.17) is 9.47 Å². The van der Waals surface area contributed by atoms with E-state index in [1.165, 1.54) is 18.2 Å². The number of esters is 1. The third-order valence-corrected chi connectivity index (χ3v) is 7.99. The van der Waals surface area contributed by atoms with Gasteiger partial charge in [0.15, 0.2) is 0 Å². The van der Waals surface area contributed by atoms with E-state index in [1.807, 2.05) is 24.3 Å². The molecule has 1 aliphatic heterocycles. The molecule has 1 aliphatic carbocycles. The highest BCUT2D eigenvalue weighted by Gasteiger charge is 2.38. The summed E-state index contributed by atoms with van der Waals surface area (Å²) in [4.78, 5) is 19.7. The maximum absolute atomic E-state index is 12.8. The zero-order chi connectivity index (χ0) is 24.4. The van der Waals surface area contributed by atoms with Crippen molar-refractivity contribution in [2.24, 2.45) is 11.8 Å². The van der Waals surface area contributed by atoms with Gasteiger partial charge in [-0.1, -0.05) is 24.3 Å². The fourth-order valence-electron chi connectivity index (χ4n) is 6.01. The molecule has 0 saturated carbocycles. The number of carbonyl (C=O) groups is 1. The van der Waals surface area contributed by atoms with Crippen LogP contribution in [0.1, 0.15) is 42.1 Å². The van der Waals surface area contributed by atoms with Gasteiger partial charge in [-0.05, 0) is 85.5 Å². The average Bonchev–Trinajstić information content (AvgIpc) is 3.35. The van der Waals surface area contributed by atoms with Gasteiger partial charge in [0.2, 0.25) is 0 Å². The second kappa shape index (κ2) is 10.3. The molecular weight excluding hydrogens is 440 g/mol. The summed E-state index contributed by atoms with van der Waals surface area (Å²) in [5, 5.41) is 12.0. The Bertz CT molecular complexity index is 1170. The Morgan fingerprint density at radius 1 is 1.14 bits per heavy atom. The summed E-state index contributed by atoms with van der Waals surface area (Å²) in [5.74, 6) is 0.633. The van der Waals surface area contributed by atoms with E-state index in [2.05, 4.69) is 34.1 Å². The van der Waals surface area contributed by atoms with Crippen molar-refractivity contribution < 1.29 is 19.4 Å². The minimum atomic E-state index is -0.631. The van der Waals surface area contributed by atoms with Gasteiger partial charge < -0.3 is 14.6 Å². The van der Waals surface area contributed by atoms with Crippen molar-refractivity contribution in [3.05, 3.63) is 71.4 Å². The van der Waals surface area contributed by atoms with Crippen molar-refractivity contribution in [1.82, 2.24) is 9.88 Å². The molecule has 1 saturated heterocycles.